The molecule has 0 aliphatic rings. The molecule has 4 heterocycles. The van der Waals surface area contributed by atoms with Crippen molar-refractivity contribution in [2.45, 2.75) is 12.4 Å². The standard InChI is InChI=1S/C102H56F6N8/c103-101(104,105)85-37-21-31-67(57-109)99(85)78-54-97(113-88-40-18-14-34-72(88)82-47-65(44-46-91(82)113)61-23-5-1-6-24-61)95(49-69(78)59-111)116-89-41-19-15-35-73(89)83-51-76(63-27-9-3-10-28-63)81(56-94(83)116)80-52-84-74-36-16-20-42-90(74)115(93(84)53-77(80)64-29-11-4-12-30-64)96-50-70(60-112)79(100-68(58-110)32-22-38-86(100)102(106,107)108)55-98(96)114-87-39-17-13-33-71(87)75-45-43-66(48-92(75)114)62-25-7-2-8-26-62/h1-56H. The van der Waals surface area contributed by atoms with E-state index in [1.54, 1.807) is 24.3 Å². The van der Waals surface area contributed by atoms with Gasteiger partial charge in [-0.25, -0.2) is 0 Å². The molecule has 546 valence electrons. The van der Waals surface area contributed by atoms with Gasteiger partial charge in [-0.2, -0.15) is 47.4 Å². The van der Waals surface area contributed by atoms with Gasteiger partial charge in [-0.15, -0.1) is 0 Å². The third-order valence-corrected chi connectivity index (χ3v) is 22.6. The van der Waals surface area contributed by atoms with Crippen LogP contribution in [0.15, 0.2) is 340 Å². The number of rotatable bonds is 11. The first-order valence-electron chi connectivity index (χ1n) is 37.5. The number of fused-ring (bicyclic) bond motifs is 12. The van der Waals surface area contributed by atoms with Crippen molar-refractivity contribution >= 4 is 87.2 Å². The van der Waals surface area contributed by atoms with Gasteiger partial charge in [0.2, 0.25) is 0 Å². The summed E-state index contributed by atoms with van der Waals surface area (Å²) in [6.45, 7) is 0. The maximum atomic E-state index is 15.7. The number of hydrogen-bond acceptors (Lipinski definition) is 4. The van der Waals surface area contributed by atoms with Crippen molar-refractivity contribution in [1.29, 1.82) is 21.0 Å². The largest absolute Gasteiger partial charge is 0.417 e. The van der Waals surface area contributed by atoms with Crippen LogP contribution in [0.25, 0.3) is 188 Å². The molecule has 0 radical (unpaired) electrons. The first kappa shape index (κ1) is 69.5. The van der Waals surface area contributed by atoms with Crippen LogP contribution in [-0.2, 0) is 12.4 Å². The van der Waals surface area contributed by atoms with Crippen LogP contribution in [-0.4, -0.2) is 18.3 Å². The zero-order chi connectivity index (χ0) is 78.8. The van der Waals surface area contributed by atoms with E-state index in [2.05, 4.69) is 86.5 Å². The maximum Gasteiger partial charge on any atom is 0.417 e. The first-order valence-corrected chi connectivity index (χ1v) is 37.5. The van der Waals surface area contributed by atoms with Crippen molar-refractivity contribution in [2.75, 3.05) is 0 Å². The van der Waals surface area contributed by atoms with E-state index in [4.69, 9.17) is 0 Å². The lowest BCUT2D eigenvalue weighted by Crippen LogP contribution is -2.10. The van der Waals surface area contributed by atoms with E-state index >= 15 is 26.3 Å². The number of nitriles is 4. The molecule has 0 atom stereocenters. The van der Waals surface area contributed by atoms with Gasteiger partial charge in [-0.3, -0.25) is 0 Å². The number of hydrogen-bond donors (Lipinski definition) is 0. The van der Waals surface area contributed by atoms with Crippen LogP contribution >= 0.6 is 0 Å². The summed E-state index contributed by atoms with van der Waals surface area (Å²) in [6, 6.07) is 115. The summed E-state index contributed by atoms with van der Waals surface area (Å²) in [5.41, 5.74) is 12.0. The van der Waals surface area contributed by atoms with Gasteiger partial charge >= 0.3 is 12.4 Å². The maximum absolute atomic E-state index is 15.7. The number of alkyl halides is 6. The van der Waals surface area contributed by atoms with Gasteiger partial charge < -0.3 is 18.3 Å². The lowest BCUT2D eigenvalue weighted by Gasteiger charge is -2.22. The van der Waals surface area contributed by atoms with Gasteiger partial charge in [0.05, 0.1) is 125 Å². The molecule has 20 aromatic rings. The summed E-state index contributed by atoms with van der Waals surface area (Å²) < 4.78 is 103. The van der Waals surface area contributed by atoms with Crippen molar-refractivity contribution in [3.05, 3.63) is 373 Å². The highest BCUT2D eigenvalue weighted by Crippen LogP contribution is 2.52. The average molecular weight is 1510 g/mol. The van der Waals surface area contributed by atoms with Crippen LogP contribution in [0, 0.1) is 45.3 Å². The molecule has 0 aliphatic carbocycles. The number of halogens is 6. The Kier molecular flexibility index (Phi) is 16.2. The summed E-state index contributed by atoms with van der Waals surface area (Å²) in [6.07, 6.45) is -9.89. The highest BCUT2D eigenvalue weighted by Gasteiger charge is 2.39. The van der Waals surface area contributed by atoms with Crippen molar-refractivity contribution in [1.82, 2.24) is 18.3 Å². The number of para-hydroxylation sites is 4. The molecule has 0 spiro atoms. The fraction of sp³-hybridized carbons (Fsp3) is 0.0196. The minimum atomic E-state index is -4.94. The fourth-order valence-electron chi connectivity index (χ4n) is 17.6. The van der Waals surface area contributed by atoms with Crippen molar-refractivity contribution in [3.8, 4) is 125 Å². The normalized spacial score (nSPS) is 11.8. The molecule has 0 saturated carbocycles. The molecule has 20 rings (SSSR count). The van der Waals surface area contributed by atoms with Gasteiger partial charge in [0.1, 0.15) is 0 Å². The Balaban J connectivity index is 0.911. The van der Waals surface area contributed by atoms with Crippen LogP contribution in [0.1, 0.15) is 33.4 Å². The van der Waals surface area contributed by atoms with Crippen LogP contribution in [0.4, 0.5) is 26.3 Å². The second-order valence-electron chi connectivity index (χ2n) is 28.8. The van der Waals surface area contributed by atoms with E-state index in [1.165, 1.54) is 24.3 Å². The zero-order valence-electron chi connectivity index (χ0n) is 61.2. The zero-order valence-corrected chi connectivity index (χ0v) is 61.2. The molecule has 0 bridgehead atoms. The first-order chi connectivity index (χ1) is 56.7. The molecule has 0 saturated heterocycles. The monoisotopic (exact) mass is 1510 g/mol. The molecule has 116 heavy (non-hydrogen) atoms. The van der Waals surface area contributed by atoms with Gasteiger partial charge in [-0.1, -0.05) is 224 Å². The molecule has 0 aliphatic heterocycles. The summed E-state index contributed by atoms with van der Waals surface area (Å²) in [5, 5.41) is 51.5. The minimum Gasteiger partial charge on any atom is -0.307 e. The Morgan fingerprint density at radius 1 is 0.198 bits per heavy atom. The van der Waals surface area contributed by atoms with Gasteiger partial charge in [-0.05, 0) is 171 Å². The summed E-state index contributed by atoms with van der Waals surface area (Å²) in [5.74, 6) is 0. The van der Waals surface area contributed by atoms with E-state index in [-0.39, 0.29) is 33.4 Å². The summed E-state index contributed by atoms with van der Waals surface area (Å²) in [4.78, 5) is 0. The van der Waals surface area contributed by atoms with Gasteiger partial charge in [0, 0.05) is 65.3 Å². The number of aromatic nitrogens is 4. The Bertz CT molecular complexity index is 7710. The molecule has 8 nitrogen and oxygen atoms in total. The quantitative estimate of drug-likeness (QED) is 0.120. The fourth-order valence-corrected chi connectivity index (χ4v) is 17.6. The van der Waals surface area contributed by atoms with E-state index in [0.717, 1.165) is 133 Å². The van der Waals surface area contributed by atoms with Crippen LogP contribution in [0.2, 0.25) is 0 Å². The molecular formula is C102H56F6N8. The van der Waals surface area contributed by atoms with E-state index in [9.17, 15) is 21.0 Å². The third-order valence-electron chi connectivity index (χ3n) is 22.6. The highest BCUT2D eigenvalue weighted by molar-refractivity contribution is 6.18. The Morgan fingerprint density at radius 2 is 0.500 bits per heavy atom. The van der Waals surface area contributed by atoms with Gasteiger partial charge in [0.15, 0.2) is 0 Å². The second-order valence-corrected chi connectivity index (χ2v) is 28.8. The van der Waals surface area contributed by atoms with E-state index in [0.29, 0.717) is 44.8 Å². The SMILES string of the molecule is N#Cc1cc(-n2c3ccccc3c3cc(-c4ccccc4)c(-c4cc5c6ccccc6n(-c6cc(C#N)c(-c7c(C#N)cccc7C(F)(F)F)cc6-n6c7ccccc7c7ccc(-c8ccccc8)cc76)c5cc4-c4ccccc4)cc32)c(-n2c3ccccc3c3cc(-c4ccccc4)ccc32)cc1-c1c(C#N)cccc1C(F)(F)F. The second kappa shape index (κ2) is 27.0. The van der Waals surface area contributed by atoms with E-state index in [1.807, 2.05) is 235 Å². The van der Waals surface area contributed by atoms with Crippen LogP contribution in [0.3, 0.4) is 0 Å². The smallest absolute Gasteiger partial charge is 0.307 e. The van der Waals surface area contributed by atoms with Crippen molar-refractivity contribution < 1.29 is 26.3 Å². The summed E-state index contributed by atoms with van der Waals surface area (Å²) in [7, 11) is 0. The molecule has 0 amide bonds. The molecule has 14 heteroatoms. The Hall–Kier alpha value is -15.7. The minimum absolute atomic E-state index is 0.0885. The van der Waals surface area contributed by atoms with Crippen LogP contribution in [0.5, 0.6) is 0 Å². The predicted molar refractivity (Wildman–Crippen MR) is 451 cm³/mol. The lowest BCUT2D eigenvalue weighted by atomic mass is 9.87. The van der Waals surface area contributed by atoms with Crippen molar-refractivity contribution in [2.24, 2.45) is 0 Å². The average Bonchev–Trinajstić information content (AvgIpc) is 1.52. The topological polar surface area (TPSA) is 115 Å². The predicted octanol–water partition coefficient (Wildman–Crippen LogP) is 27.3. The van der Waals surface area contributed by atoms with Gasteiger partial charge in [0.25, 0.3) is 0 Å². The van der Waals surface area contributed by atoms with Crippen molar-refractivity contribution in [3.63, 3.8) is 0 Å². The molecule has 0 N–H and O–H groups in total. The third kappa shape index (κ3) is 11.0. The Morgan fingerprint density at radius 3 is 0.922 bits per heavy atom. The molecule has 0 fully saturated rings. The Labute approximate surface area is 659 Å². The summed E-state index contributed by atoms with van der Waals surface area (Å²) >= 11 is 0. The lowest BCUT2D eigenvalue weighted by molar-refractivity contribution is -0.137. The molecular weight excluding hydrogens is 1450 g/mol. The van der Waals surface area contributed by atoms with Crippen LogP contribution < -0.4 is 0 Å². The molecule has 0 unspecified atom stereocenters. The molecule has 4 aromatic heterocycles. The number of nitrogens with zero attached hydrogens (tertiary/aromatic N) is 8. The molecule has 16 aromatic carbocycles. The van der Waals surface area contributed by atoms with E-state index < -0.39 is 34.6 Å². The highest BCUT2D eigenvalue weighted by atomic mass is 19.4. The number of benzene rings is 16.